The van der Waals surface area contributed by atoms with Gasteiger partial charge in [-0.05, 0) is 29.9 Å². The maximum atomic E-state index is 4.16. The molecule has 0 radical (unpaired) electrons. The predicted octanol–water partition coefficient (Wildman–Crippen LogP) is 3.68. The zero-order valence-electron chi connectivity index (χ0n) is 10.9. The molecule has 0 aliphatic heterocycles. The lowest BCUT2D eigenvalue weighted by Gasteiger charge is -2.19. The largest absolute Gasteiger partial charge is 0.353 e. The summed E-state index contributed by atoms with van der Waals surface area (Å²) in [6, 6.07) is 9.04. The number of benzene rings is 1. The summed E-state index contributed by atoms with van der Waals surface area (Å²) in [6.07, 6.45) is 1.10. The number of aromatic nitrogens is 2. The Morgan fingerprint density at radius 3 is 2.78 bits per heavy atom. The first kappa shape index (κ1) is 11.7. The van der Waals surface area contributed by atoms with Crippen LogP contribution in [0.2, 0.25) is 0 Å². The number of nitrogens with zero attached hydrogens (tertiary/aromatic N) is 2. The molecule has 0 spiro atoms. The van der Waals surface area contributed by atoms with E-state index in [2.05, 4.69) is 53.6 Å². The van der Waals surface area contributed by atoms with Crippen LogP contribution in [0.15, 0.2) is 24.3 Å². The number of anilines is 1. The molecule has 1 aromatic carbocycles. The van der Waals surface area contributed by atoms with E-state index in [1.807, 2.05) is 6.92 Å². The fourth-order valence-electron chi connectivity index (χ4n) is 2.78. The van der Waals surface area contributed by atoms with E-state index < -0.39 is 0 Å². The summed E-state index contributed by atoms with van der Waals surface area (Å²) in [5, 5.41) is 13.7. The first-order valence-corrected chi connectivity index (χ1v) is 7.04. The van der Waals surface area contributed by atoms with Crippen molar-refractivity contribution in [2.75, 3.05) is 5.32 Å². The number of hydrogen-bond acceptors (Lipinski definition) is 4. The van der Waals surface area contributed by atoms with Crippen molar-refractivity contribution in [3.8, 4) is 0 Å². The van der Waals surface area contributed by atoms with Crippen molar-refractivity contribution in [2.24, 2.45) is 0 Å². The molecule has 1 aliphatic rings. The number of aryl methyl sites for hydroxylation is 1. The van der Waals surface area contributed by atoms with Gasteiger partial charge in [-0.2, -0.15) is 0 Å². The minimum Gasteiger partial charge on any atom is -0.353 e. The van der Waals surface area contributed by atoms with Gasteiger partial charge in [0.1, 0.15) is 5.01 Å². The highest BCUT2D eigenvalue weighted by atomic mass is 32.1. The van der Waals surface area contributed by atoms with Gasteiger partial charge in [0.2, 0.25) is 5.13 Å². The van der Waals surface area contributed by atoms with E-state index in [1.54, 1.807) is 11.3 Å². The van der Waals surface area contributed by atoms with Crippen LogP contribution in [0.5, 0.6) is 0 Å². The Morgan fingerprint density at radius 2 is 2.06 bits per heavy atom. The van der Waals surface area contributed by atoms with Gasteiger partial charge in [-0.15, -0.1) is 10.2 Å². The SMILES string of the molecule is Cc1nnc(NC2CC(C)(C)c3ccccc32)s1. The third-order valence-corrected chi connectivity index (χ3v) is 4.37. The molecule has 1 aliphatic carbocycles. The van der Waals surface area contributed by atoms with E-state index in [4.69, 9.17) is 0 Å². The molecule has 1 N–H and O–H groups in total. The Balaban J connectivity index is 1.92. The summed E-state index contributed by atoms with van der Waals surface area (Å²) in [6.45, 7) is 6.59. The second kappa shape index (κ2) is 4.05. The first-order chi connectivity index (χ1) is 8.56. The van der Waals surface area contributed by atoms with E-state index >= 15 is 0 Å². The van der Waals surface area contributed by atoms with Gasteiger partial charge in [0.05, 0.1) is 6.04 Å². The quantitative estimate of drug-likeness (QED) is 0.894. The van der Waals surface area contributed by atoms with E-state index in [1.165, 1.54) is 11.1 Å². The molecular weight excluding hydrogens is 242 g/mol. The molecule has 3 nitrogen and oxygen atoms in total. The van der Waals surface area contributed by atoms with Gasteiger partial charge < -0.3 is 5.32 Å². The maximum absolute atomic E-state index is 4.16. The number of fused-ring (bicyclic) bond motifs is 1. The Kier molecular flexibility index (Phi) is 2.63. The number of nitrogens with one attached hydrogen (secondary N) is 1. The lowest BCUT2D eigenvalue weighted by molar-refractivity contribution is 0.493. The summed E-state index contributed by atoms with van der Waals surface area (Å²) < 4.78 is 0. The Hall–Kier alpha value is -1.42. The summed E-state index contributed by atoms with van der Waals surface area (Å²) in [4.78, 5) is 0. The van der Waals surface area contributed by atoms with E-state index in [0.717, 1.165) is 16.6 Å². The molecule has 94 valence electrons. The Bertz CT molecular complexity index is 574. The minimum atomic E-state index is 0.230. The van der Waals surface area contributed by atoms with Crippen LogP contribution >= 0.6 is 11.3 Å². The standard InChI is InChI=1S/C14H17N3S/c1-9-16-17-13(18-9)15-12-8-14(2,3)11-7-5-4-6-10(11)12/h4-7,12H,8H2,1-3H3,(H,15,17). The van der Waals surface area contributed by atoms with Gasteiger partial charge in [0, 0.05) is 0 Å². The Labute approximate surface area is 111 Å². The monoisotopic (exact) mass is 259 g/mol. The fraction of sp³-hybridized carbons (Fsp3) is 0.429. The number of hydrogen-bond donors (Lipinski definition) is 1. The van der Waals surface area contributed by atoms with Crippen molar-refractivity contribution in [1.82, 2.24) is 10.2 Å². The van der Waals surface area contributed by atoms with Crippen LogP contribution in [-0.4, -0.2) is 10.2 Å². The van der Waals surface area contributed by atoms with Gasteiger partial charge in [-0.3, -0.25) is 0 Å². The molecule has 1 atom stereocenters. The average Bonchev–Trinajstić information content (AvgIpc) is 2.83. The highest BCUT2D eigenvalue weighted by molar-refractivity contribution is 7.15. The third-order valence-electron chi connectivity index (χ3n) is 3.60. The van der Waals surface area contributed by atoms with Crippen LogP contribution in [0.4, 0.5) is 5.13 Å². The molecule has 1 aromatic heterocycles. The third kappa shape index (κ3) is 1.90. The molecule has 1 unspecified atom stereocenters. The summed E-state index contributed by atoms with van der Waals surface area (Å²) in [5.74, 6) is 0. The summed E-state index contributed by atoms with van der Waals surface area (Å²) in [5.41, 5.74) is 3.08. The van der Waals surface area contributed by atoms with E-state index in [9.17, 15) is 0 Å². The molecule has 18 heavy (non-hydrogen) atoms. The van der Waals surface area contributed by atoms with Gasteiger partial charge in [0.25, 0.3) is 0 Å². The van der Waals surface area contributed by atoms with Gasteiger partial charge in [0.15, 0.2) is 0 Å². The van der Waals surface area contributed by atoms with Crippen LogP contribution < -0.4 is 5.32 Å². The predicted molar refractivity (Wildman–Crippen MR) is 75.1 cm³/mol. The van der Waals surface area contributed by atoms with E-state index in [-0.39, 0.29) is 5.41 Å². The van der Waals surface area contributed by atoms with Crippen LogP contribution in [0, 0.1) is 6.92 Å². The van der Waals surface area contributed by atoms with Gasteiger partial charge in [-0.1, -0.05) is 49.4 Å². The van der Waals surface area contributed by atoms with Crippen LogP contribution in [-0.2, 0) is 5.41 Å². The van der Waals surface area contributed by atoms with Gasteiger partial charge >= 0.3 is 0 Å². The topological polar surface area (TPSA) is 37.8 Å². The normalized spacial score (nSPS) is 20.7. The van der Waals surface area contributed by atoms with Crippen molar-refractivity contribution in [1.29, 1.82) is 0 Å². The van der Waals surface area contributed by atoms with Crippen molar-refractivity contribution < 1.29 is 0 Å². The molecule has 0 amide bonds. The number of rotatable bonds is 2. The van der Waals surface area contributed by atoms with Gasteiger partial charge in [-0.25, -0.2) is 0 Å². The Morgan fingerprint density at radius 1 is 1.28 bits per heavy atom. The average molecular weight is 259 g/mol. The summed E-state index contributed by atoms with van der Waals surface area (Å²) in [7, 11) is 0. The molecule has 0 fully saturated rings. The smallest absolute Gasteiger partial charge is 0.206 e. The molecular formula is C14H17N3S. The molecule has 2 aromatic rings. The maximum Gasteiger partial charge on any atom is 0.206 e. The molecule has 0 bridgehead atoms. The van der Waals surface area contributed by atoms with Crippen LogP contribution in [0.25, 0.3) is 0 Å². The van der Waals surface area contributed by atoms with Crippen molar-refractivity contribution in [3.63, 3.8) is 0 Å². The first-order valence-electron chi connectivity index (χ1n) is 6.22. The fourth-order valence-corrected chi connectivity index (χ4v) is 3.42. The lowest BCUT2D eigenvalue weighted by atomic mass is 9.86. The molecule has 1 heterocycles. The second-order valence-electron chi connectivity index (χ2n) is 5.50. The molecule has 0 saturated carbocycles. The zero-order valence-corrected chi connectivity index (χ0v) is 11.7. The minimum absolute atomic E-state index is 0.230. The second-order valence-corrected chi connectivity index (χ2v) is 6.68. The lowest BCUT2D eigenvalue weighted by Crippen LogP contribution is -2.14. The van der Waals surface area contributed by atoms with Crippen molar-refractivity contribution >= 4 is 16.5 Å². The zero-order chi connectivity index (χ0) is 12.8. The van der Waals surface area contributed by atoms with Crippen molar-refractivity contribution in [3.05, 3.63) is 40.4 Å². The molecule has 4 heteroatoms. The van der Waals surface area contributed by atoms with Crippen molar-refractivity contribution in [2.45, 2.75) is 38.6 Å². The van der Waals surface area contributed by atoms with E-state index in [0.29, 0.717) is 6.04 Å². The van der Waals surface area contributed by atoms with Crippen LogP contribution in [0.3, 0.4) is 0 Å². The molecule has 3 rings (SSSR count). The molecule has 0 saturated heterocycles. The summed E-state index contributed by atoms with van der Waals surface area (Å²) >= 11 is 1.62. The van der Waals surface area contributed by atoms with Crippen LogP contribution in [0.1, 0.15) is 42.4 Å². The highest BCUT2D eigenvalue weighted by Gasteiger charge is 2.36. The highest BCUT2D eigenvalue weighted by Crippen LogP contribution is 2.45.